The minimum Gasteiger partial charge on any atom is -0.381 e. The molecule has 1 fully saturated rings. The monoisotopic (exact) mass is 260 g/mol. The first-order valence-corrected chi connectivity index (χ1v) is 6.70. The molecule has 82 valence electrons. The van der Waals surface area contributed by atoms with Crippen molar-refractivity contribution in [2.24, 2.45) is 5.41 Å². The third-order valence-electron chi connectivity index (χ3n) is 3.05. The lowest BCUT2D eigenvalue weighted by atomic mass is 9.90. The number of hydrogen-bond acceptors (Lipinski definition) is 1. The van der Waals surface area contributed by atoms with Crippen LogP contribution in [0.1, 0.15) is 38.5 Å². The third kappa shape index (κ3) is 3.74. The summed E-state index contributed by atoms with van der Waals surface area (Å²) in [7, 11) is 0. The summed E-state index contributed by atoms with van der Waals surface area (Å²) in [5, 5.41) is 1.10. The van der Waals surface area contributed by atoms with Crippen LogP contribution in [0.25, 0.3) is 0 Å². The first-order chi connectivity index (χ1) is 6.83. The van der Waals surface area contributed by atoms with Crippen molar-refractivity contribution in [3.8, 4) is 0 Å². The standard InChI is InChI=1S/C12H21BrO/c1-2-3-6-9-14-11-12(10-13)7-4-5-8-12/h2H,1,3-11H2. The molecule has 0 aromatic heterocycles. The Balaban J connectivity index is 2.11. The molecule has 0 amide bonds. The predicted octanol–water partition coefficient (Wildman–Crippen LogP) is 3.92. The average Bonchev–Trinajstić information content (AvgIpc) is 2.67. The van der Waals surface area contributed by atoms with Crippen LogP contribution in [0, 0.1) is 5.41 Å². The van der Waals surface area contributed by atoms with Gasteiger partial charge in [0.2, 0.25) is 0 Å². The second-order valence-corrected chi connectivity index (χ2v) is 4.88. The molecule has 1 aliphatic rings. The van der Waals surface area contributed by atoms with Crippen molar-refractivity contribution in [3.63, 3.8) is 0 Å². The minimum absolute atomic E-state index is 0.453. The molecule has 1 rings (SSSR count). The highest BCUT2D eigenvalue weighted by molar-refractivity contribution is 9.09. The molecular weight excluding hydrogens is 240 g/mol. The number of rotatable bonds is 7. The van der Waals surface area contributed by atoms with Crippen LogP contribution in [0.3, 0.4) is 0 Å². The zero-order valence-corrected chi connectivity index (χ0v) is 10.5. The summed E-state index contributed by atoms with van der Waals surface area (Å²) < 4.78 is 5.74. The van der Waals surface area contributed by atoms with Gasteiger partial charge in [0.1, 0.15) is 0 Å². The summed E-state index contributed by atoms with van der Waals surface area (Å²) in [4.78, 5) is 0. The molecule has 0 atom stereocenters. The fourth-order valence-corrected chi connectivity index (χ4v) is 2.78. The highest BCUT2D eigenvalue weighted by Gasteiger charge is 2.32. The third-order valence-corrected chi connectivity index (χ3v) is 4.24. The molecule has 0 aromatic rings. The van der Waals surface area contributed by atoms with Crippen LogP contribution in [0.5, 0.6) is 0 Å². The van der Waals surface area contributed by atoms with Gasteiger partial charge in [0.25, 0.3) is 0 Å². The molecule has 0 bridgehead atoms. The Bertz CT molecular complexity index is 162. The zero-order valence-electron chi connectivity index (χ0n) is 8.93. The molecule has 14 heavy (non-hydrogen) atoms. The maximum absolute atomic E-state index is 5.74. The molecule has 1 aliphatic carbocycles. The fraction of sp³-hybridized carbons (Fsp3) is 0.833. The van der Waals surface area contributed by atoms with Crippen molar-refractivity contribution in [1.82, 2.24) is 0 Å². The van der Waals surface area contributed by atoms with Crippen molar-refractivity contribution in [2.75, 3.05) is 18.5 Å². The lowest BCUT2D eigenvalue weighted by Crippen LogP contribution is -2.25. The van der Waals surface area contributed by atoms with Gasteiger partial charge in [0.05, 0.1) is 6.61 Å². The van der Waals surface area contributed by atoms with E-state index in [4.69, 9.17) is 4.74 Å². The number of ether oxygens (including phenoxy) is 1. The van der Waals surface area contributed by atoms with E-state index in [1.807, 2.05) is 6.08 Å². The Morgan fingerprint density at radius 3 is 2.64 bits per heavy atom. The molecule has 0 radical (unpaired) electrons. The van der Waals surface area contributed by atoms with E-state index in [2.05, 4.69) is 22.5 Å². The number of alkyl halides is 1. The normalized spacial score (nSPS) is 19.8. The van der Waals surface area contributed by atoms with E-state index < -0.39 is 0 Å². The first kappa shape index (κ1) is 12.3. The Kier molecular flexibility index (Phi) is 5.80. The Morgan fingerprint density at radius 1 is 1.36 bits per heavy atom. The SMILES string of the molecule is C=CCCCOCC1(CBr)CCCC1. The van der Waals surface area contributed by atoms with Crippen LogP contribution in [0.2, 0.25) is 0 Å². The van der Waals surface area contributed by atoms with Crippen LogP contribution in [-0.4, -0.2) is 18.5 Å². The van der Waals surface area contributed by atoms with Gasteiger partial charge in [0, 0.05) is 17.4 Å². The van der Waals surface area contributed by atoms with E-state index in [1.165, 1.54) is 25.7 Å². The molecule has 0 aliphatic heterocycles. The summed E-state index contributed by atoms with van der Waals surface area (Å²) in [6.07, 6.45) is 9.56. The summed E-state index contributed by atoms with van der Waals surface area (Å²) in [6.45, 7) is 5.53. The maximum Gasteiger partial charge on any atom is 0.0530 e. The Labute approximate surface area is 96.0 Å². The molecule has 0 N–H and O–H groups in total. The molecule has 0 spiro atoms. The summed E-state index contributed by atoms with van der Waals surface area (Å²) in [5.74, 6) is 0. The fourth-order valence-electron chi connectivity index (χ4n) is 2.06. The topological polar surface area (TPSA) is 9.23 Å². The second kappa shape index (κ2) is 6.62. The van der Waals surface area contributed by atoms with Gasteiger partial charge in [-0.3, -0.25) is 0 Å². The lowest BCUT2D eigenvalue weighted by Gasteiger charge is -2.26. The molecule has 0 heterocycles. The van der Waals surface area contributed by atoms with Gasteiger partial charge in [-0.05, 0) is 25.7 Å². The van der Waals surface area contributed by atoms with Crippen molar-refractivity contribution in [2.45, 2.75) is 38.5 Å². The van der Waals surface area contributed by atoms with Crippen molar-refractivity contribution >= 4 is 15.9 Å². The van der Waals surface area contributed by atoms with Crippen LogP contribution in [0.4, 0.5) is 0 Å². The summed E-state index contributed by atoms with van der Waals surface area (Å²) >= 11 is 3.62. The number of unbranched alkanes of at least 4 members (excludes halogenated alkanes) is 1. The second-order valence-electron chi connectivity index (χ2n) is 4.32. The maximum atomic E-state index is 5.74. The Hall–Kier alpha value is 0.180. The quantitative estimate of drug-likeness (QED) is 0.383. The van der Waals surface area contributed by atoms with Crippen LogP contribution < -0.4 is 0 Å². The van der Waals surface area contributed by atoms with Gasteiger partial charge in [-0.1, -0.05) is 34.8 Å². The van der Waals surface area contributed by atoms with Crippen molar-refractivity contribution < 1.29 is 4.74 Å². The molecule has 0 unspecified atom stereocenters. The van der Waals surface area contributed by atoms with Gasteiger partial charge in [-0.2, -0.15) is 0 Å². The van der Waals surface area contributed by atoms with E-state index in [9.17, 15) is 0 Å². The number of allylic oxidation sites excluding steroid dienone is 1. The van der Waals surface area contributed by atoms with Crippen LogP contribution >= 0.6 is 15.9 Å². The van der Waals surface area contributed by atoms with Crippen LogP contribution in [0.15, 0.2) is 12.7 Å². The largest absolute Gasteiger partial charge is 0.381 e. The van der Waals surface area contributed by atoms with E-state index in [1.54, 1.807) is 0 Å². The van der Waals surface area contributed by atoms with E-state index in [0.29, 0.717) is 5.41 Å². The smallest absolute Gasteiger partial charge is 0.0530 e. The molecular formula is C12H21BrO. The first-order valence-electron chi connectivity index (χ1n) is 5.58. The molecule has 0 saturated heterocycles. The molecule has 0 aromatic carbocycles. The van der Waals surface area contributed by atoms with E-state index in [0.717, 1.165) is 31.4 Å². The Morgan fingerprint density at radius 2 is 2.07 bits per heavy atom. The van der Waals surface area contributed by atoms with E-state index >= 15 is 0 Å². The number of hydrogen-bond donors (Lipinski definition) is 0. The van der Waals surface area contributed by atoms with Crippen molar-refractivity contribution in [3.05, 3.63) is 12.7 Å². The van der Waals surface area contributed by atoms with Crippen LogP contribution in [-0.2, 0) is 4.74 Å². The molecule has 1 nitrogen and oxygen atoms in total. The number of halogens is 1. The molecule has 2 heteroatoms. The highest BCUT2D eigenvalue weighted by atomic mass is 79.9. The summed E-state index contributed by atoms with van der Waals surface area (Å²) in [5.41, 5.74) is 0.453. The zero-order chi connectivity index (χ0) is 10.3. The minimum atomic E-state index is 0.453. The average molecular weight is 261 g/mol. The van der Waals surface area contributed by atoms with Crippen molar-refractivity contribution in [1.29, 1.82) is 0 Å². The molecule has 1 saturated carbocycles. The summed E-state index contributed by atoms with van der Waals surface area (Å²) in [6, 6.07) is 0. The van der Waals surface area contributed by atoms with E-state index in [-0.39, 0.29) is 0 Å². The highest BCUT2D eigenvalue weighted by Crippen LogP contribution is 2.39. The predicted molar refractivity (Wildman–Crippen MR) is 64.9 cm³/mol. The van der Waals surface area contributed by atoms with Gasteiger partial charge < -0.3 is 4.74 Å². The van der Waals surface area contributed by atoms with Gasteiger partial charge in [-0.15, -0.1) is 6.58 Å². The van der Waals surface area contributed by atoms with Gasteiger partial charge in [0.15, 0.2) is 0 Å². The lowest BCUT2D eigenvalue weighted by molar-refractivity contribution is 0.0585. The van der Waals surface area contributed by atoms with Gasteiger partial charge in [-0.25, -0.2) is 0 Å². The van der Waals surface area contributed by atoms with Gasteiger partial charge >= 0.3 is 0 Å².